The Kier molecular flexibility index (Phi) is 8.89. The second-order valence-electron chi connectivity index (χ2n) is 4.27. The Morgan fingerprint density at radius 2 is 1.73 bits per heavy atom. The zero-order valence-corrected chi connectivity index (χ0v) is 15.9. The molecule has 0 saturated carbocycles. The molecule has 0 aliphatic rings. The summed E-state index contributed by atoms with van der Waals surface area (Å²) in [7, 11) is 1.42. The first-order valence-electron chi connectivity index (χ1n) is 6.60. The molecular formula is C13H16Br2ClN3O3. The maximum absolute atomic E-state index is 12.4. The van der Waals surface area contributed by atoms with Crippen molar-refractivity contribution in [1.29, 1.82) is 0 Å². The van der Waals surface area contributed by atoms with Crippen molar-refractivity contribution >= 4 is 61.1 Å². The van der Waals surface area contributed by atoms with Gasteiger partial charge in [0.2, 0.25) is 17.6 Å². The third-order valence-corrected chi connectivity index (χ3v) is 4.00. The van der Waals surface area contributed by atoms with Crippen molar-refractivity contribution in [2.24, 2.45) is 0 Å². The minimum Gasteiger partial charge on any atom is -0.493 e. The number of anilines is 1. The normalized spacial score (nSPS) is 10.4. The van der Waals surface area contributed by atoms with E-state index in [1.54, 1.807) is 0 Å². The highest BCUT2D eigenvalue weighted by Crippen LogP contribution is 2.28. The Balaban J connectivity index is 3.13. The molecule has 0 aliphatic heterocycles. The van der Waals surface area contributed by atoms with E-state index >= 15 is 0 Å². The summed E-state index contributed by atoms with van der Waals surface area (Å²) >= 11 is 12.3. The third-order valence-electron chi connectivity index (χ3n) is 2.69. The summed E-state index contributed by atoms with van der Waals surface area (Å²) < 4.78 is 5.16. The molecule has 2 amide bonds. The summed E-state index contributed by atoms with van der Waals surface area (Å²) in [6.07, 6.45) is 1.67. The van der Waals surface area contributed by atoms with Crippen LogP contribution in [0.3, 0.4) is 0 Å². The lowest BCUT2D eigenvalue weighted by atomic mass is 10.2. The van der Waals surface area contributed by atoms with Crippen LogP contribution in [0.1, 0.15) is 25.7 Å². The molecule has 0 unspecified atom stereocenters. The molecule has 0 N–H and O–H groups in total. The van der Waals surface area contributed by atoms with Gasteiger partial charge >= 0.3 is 0 Å². The number of halogens is 3. The predicted molar refractivity (Wildman–Crippen MR) is 92.1 cm³/mol. The molecule has 1 heterocycles. The molecule has 0 fully saturated rings. The molecule has 0 radical (unpaired) electrons. The van der Waals surface area contributed by atoms with Crippen molar-refractivity contribution in [2.75, 3.05) is 22.7 Å². The van der Waals surface area contributed by atoms with Gasteiger partial charge < -0.3 is 4.74 Å². The van der Waals surface area contributed by atoms with E-state index in [-0.39, 0.29) is 41.4 Å². The first-order chi connectivity index (χ1) is 10.5. The highest BCUT2D eigenvalue weighted by molar-refractivity contribution is 9.09. The maximum Gasteiger partial charge on any atom is 0.235 e. The first kappa shape index (κ1) is 19.3. The molecule has 122 valence electrons. The number of amides is 2. The van der Waals surface area contributed by atoms with E-state index in [4.69, 9.17) is 16.3 Å². The number of rotatable bonds is 8. The van der Waals surface area contributed by atoms with Crippen molar-refractivity contribution in [3.05, 3.63) is 11.2 Å². The molecule has 0 bridgehead atoms. The molecule has 1 aromatic rings. The highest BCUT2D eigenvalue weighted by atomic mass is 79.9. The third kappa shape index (κ3) is 5.48. The molecule has 0 atom stereocenters. The van der Waals surface area contributed by atoms with Crippen LogP contribution in [-0.4, -0.2) is 39.8 Å². The lowest BCUT2D eigenvalue weighted by Gasteiger charge is -2.21. The van der Waals surface area contributed by atoms with Crippen LogP contribution in [0.25, 0.3) is 0 Å². The molecule has 9 heteroatoms. The maximum atomic E-state index is 12.4. The van der Waals surface area contributed by atoms with E-state index in [2.05, 4.69) is 42.1 Å². The fourth-order valence-corrected chi connectivity index (χ4v) is 2.38. The first-order valence-corrected chi connectivity index (χ1v) is 9.22. The molecule has 0 aromatic carbocycles. The summed E-state index contributed by atoms with van der Waals surface area (Å²) in [6, 6.07) is 1.42. The van der Waals surface area contributed by atoms with Crippen molar-refractivity contribution in [3.8, 4) is 5.75 Å². The number of imide groups is 1. The standard InChI is InChI=1S/C13H16Br2ClN3O3/c1-22-9-8-10(16)17-18-13(9)19(11(20)4-2-6-14)12(21)5-3-7-15/h8H,2-7H2,1H3. The van der Waals surface area contributed by atoms with Gasteiger partial charge in [-0.15, -0.1) is 10.2 Å². The summed E-state index contributed by atoms with van der Waals surface area (Å²) in [5, 5.41) is 9.04. The average molecular weight is 458 g/mol. The topological polar surface area (TPSA) is 72.4 Å². The second-order valence-corrected chi connectivity index (χ2v) is 6.24. The zero-order chi connectivity index (χ0) is 16.5. The van der Waals surface area contributed by atoms with Crippen molar-refractivity contribution < 1.29 is 14.3 Å². The quantitative estimate of drug-likeness (QED) is 0.560. The number of carbonyl (C=O) groups is 2. The van der Waals surface area contributed by atoms with Crippen LogP contribution in [0, 0.1) is 0 Å². The van der Waals surface area contributed by atoms with Gasteiger partial charge in [-0.1, -0.05) is 43.5 Å². The summed E-state index contributed by atoms with van der Waals surface area (Å²) in [6.45, 7) is 0. The van der Waals surface area contributed by atoms with Crippen LogP contribution in [0.15, 0.2) is 6.07 Å². The van der Waals surface area contributed by atoms with Gasteiger partial charge in [0.15, 0.2) is 10.9 Å². The number of aromatic nitrogens is 2. The van der Waals surface area contributed by atoms with Gasteiger partial charge in [-0.3, -0.25) is 9.59 Å². The molecule has 1 rings (SSSR count). The average Bonchev–Trinajstić information content (AvgIpc) is 2.52. The van der Waals surface area contributed by atoms with Crippen LogP contribution < -0.4 is 9.64 Å². The van der Waals surface area contributed by atoms with E-state index in [9.17, 15) is 9.59 Å². The lowest BCUT2D eigenvalue weighted by molar-refractivity contribution is -0.126. The van der Waals surface area contributed by atoms with Gasteiger partial charge in [0.1, 0.15) is 0 Å². The fraction of sp³-hybridized carbons (Fsp3) is 0.538. The summed E-state index contributed by atoms with van der Waals surface area (Å²) in [5.41, 5.74) is 0. The van der Waals surface area contributed by atoms with E-state index < -0.39 is 0 Å². The van der Waals surface area contributed by atoms with Crippen molar-refractivity contribution in [2.45, 2.75) is 25.7 Å². The van der Waals surface area contributed by atoms with E-state index in [1.807, 2.05) is 0 Å². The SMILES string of the molecule is COc1cc(Cl)nnc1N(C(=O)CCCBr)C(=O)CCCBr. The molecule has 1 aromatic heterocycles. The Morgan fingerprint density at radius 1 is 1.18 bits per heavy atom. The smallest absolute Gasteiger partial charge is 0.235 e. The Morgan fingerprint density at radius 3 is 2.18 bits per heavy atom. The number of hydrogen-bond acceptors (Lipinski definition) is 5. The number of ether oxygens (including phenoxy) is 1. The summed E-state index contributed by atoms with van der Waals surface area (Å²) in [5.74, 6) is -0.367. The Labute approximate surface area is 150 Å². The predicted octanol–water partition coefficient (Wildman–Crippen LogP) is 3.35. The number of methoxy groups -OCH3 is 1. The van der Waals surface area contributed by atoms with Crippen LogP contribution in [0.5, 0.6) is 5.75 Å². The largest absolute Gasteiger partial charge is 0.493 e. The van der Waals surface area contributed by atoms with Crippen LogP contribution in [0.2, 0.25) is 5.15 Å². The van der Waals surface area contributed by atoms with Gasteiger partial charge in [-0.25, -0.2) is 4.90 Å². The highest BCUT2D eigenvalue weighted by Gasteiger charge is 2.27. The van der Waals surface area contributed by atoms with E-state index in [0.717, 1.165) is 4.90 Å². The second kappa shape index (κ2) is 10.1. The number of alkyl halides is 2. The van der Waals surface area contributed by atoms with Crippen LogP contribution >= 0.6 is 43.5 Å². The van der Waals surface area contributed by atoms with Crippen LogP contribution in [0.4, 0.5) is 5.82 Å². The van der Waals surface area contributed by atoms with Crippen LogP contribution in [-0.2, 0) is 9.59 Å². The molecule has 0 saturated heterocycles. The van der Waals surface area contributed by atoms with Crippen molar-refractivity contribution in [3.63, 3.8) is 0 Å². The van der Waals surface area contributed by atoms with E-state index in [0.29, 0.717) is 23.5 Å². The molecule has 22 heavy (non-hydrogen) atoms. The monoisotopic (exact) mass is 455 g/mol. The van der Waals surface area contributed by atoms with Gasteiger partial charge in [0.05, 0.1) is 7.11 Å². The van der Waals surface area contributed by atoms with Crippen molar-refractivity contribution in [1.82, 2.24) is 10.2 Å². The molecule has 0 spiro atoms. The molecule has 6 nitrogen and oxygen atoms in total. The molecular weight excluding hydrogens is 441 g/mol. The fourth-order valence-electron chi connectivity index (χ4n) is 1.69. The minimum atomic E-state index is -0.339. The van der Waals surface area contributed by atoms with Gasteiger partial charge in [0, 0.05) is 29.6 Å². The summed E-state index contributed by atoms with van der Waals surface area (Å²) in [4.78, 5) is 25.8. The Bertz CT molecular complexity index is 511. The van der Waals surface area contributed by atoms with Gasteiger partial charge in [-0.05, 0) is 12.8 Å². The lowest BCUT2D eigenvalue weighted by Crippen LogP contribution is -2.38. The van der Waals surface area contributed by atoms with Gasteiger partial charge in [-0.2, -0.15) is 0 Å². The minimum absolute atomic E-state index is 0.0750. The molecule has 0 aliphatic carbocycles. The van der Waals surface area contributed by atoms with Gasteiger partial charge in [0.25, 0.3) is 0 Å². The number of carbonyl (C=O) groups excluding carboxylic acids is 2. The number of hydrogen-bond donors (Lipinski definition) is 0. The number of nitrogens with zero attached hydrogens (tertiary/aromatic N) is 3. The zero-order valence-electron chi connectivity index (χ0n) is 12.0. The Hall–Kier alpha value is -0.730. The van der Waals surface area contributed by atoms with E-state index in [1.165, 1.54) is 13.2 Å².